The van der Waals surface area contributed by atoms with Crippen LogP contribution in [0.25, 0.3) is 0 Å². The minimum Gasteiger partial charge on any atom is -0.389 e. The Morgan fingerprint density at radius 1 is 1.44 bits per heavy atom. The molecule has 102 valence electrons. The Morgan fingerprint density at radius 3 is 2.94 bits per heavy atom. The smallest absolute Gasteiger partial charge is 0.0738 e. The van der Waals surface area contributed by atoms with Crippen LogP contribution in [0, 0.1) is 6.92 Å². The van der Waals surface area contributed by atoms with Gasteiger partial charge in [-0.3, -0.25) is 4.68 Å². The number of aliphatic hydroxyl groups is 1. The van der Waals surface area contributed by atoms with Crippen molar-refractivity contribution in [3.63, 3.8) is 0 Å². The maximum atomic E-state index is 10.8. The highest BCUT2D eigenvalue weighted by atomic mass is 79.9. The van der Waals surface area contributed by atoms with Crippen molar-refractivity contribution in [1.29, 1.82) is 0 Å². The van der Waals surface area contributed by atoms with Gasteiger partial charge in [-0.1, -0.05) is 0 Å². The van der Waals surface area contributed by atoms with Crippen LogP contribution in [0.1, 0.15) is 37.6 Å². The molecule has 1 fully saturated rings. The van der Waals surface area contributed by atoms with Crippen LogP contribution in [0.2, 0.25) is 0 Å². The summed E-state index contributed by atoms with van der Waals surface area (Å²) in [7, 11) is 0. The highest BCUT2D eigenvalue weighted by molar-refractivity contribution is 9.10. The summed E-state index contributed by atoms with van der Waals surface area (Å²) in [5, 5.41) is 18.6. The van der Waals surface area contributed by atoms with Gasteiger partial charge in [0.1, 0.15) is 0 Å². The molecule has 5 heteroatoms. The third-order valence-corrected chi connectivity index (χ3v) is 4.74. The van der Waals surface area contributed by atoms with E-state index in [0.29, 0.717) is 6.42 Å². The predicted octanol–water partition coefficient (Wildman–Crippen LogP) is 2.02. The summed E-state index contributed by atoms with van der Waals surface area (Å²) < 4.78 is 3.05. The van der Waals surface area contributed by atoms with E-state index >= 15 is 0 Å². The standard InChI is InChI=1S/C13H22BrN3O/c1-3-17-11(12(14)10(2)16-17)9-13(18)5-4-7-15-8-6-13/h15,18H,3-9H2,1-2H3. The van der Waals surface area contributed by atoms with E-state index in [1.807, 2.05) is 11.6 Å². The minimum atomic E-state index is -0.592. The Bertz CT molecular complexity index is 409. The molecule has 18 heavy (non-hydrogen) atoms. The van der Waals surface area contributed by atoms with Crippen molar-refractivity contribution in [2.75, 3.05) is 13.1 Å². The van der Waals surface area contributed by atoms with Gasteiger partial charge >= 0.3 is 0 Å². The summed E-state index contributed by atoms with van der Waals surface area (Å²) in [6.07, 6.45) is 3.39. The van der Waals surface area contributed by atoms with Gasteiger partial charge in [0.15, 0.2) is 0 Å². The van der Waals surface area contributed by atoms with Crippen LogP contribution in [0.3, 0.4) is 0 Å². The molecule has 0 aliphatic carbocycles. The molecule has 1 aliphatic heterocycles. The van der Waals surface area contributed by atoms with Gasteiger partial charge in [-0.25, -0.2) is 0 Å². The molecule has 1 aliphatic rings. The van der Waals surface area contributed by atoms with Crippen molar-refractivity contribution in [3.05, 3.63) is 15.9 Å². The van der Waals surface area contributed by atoms with E-state index in [-0.39, 0.29) is 0 Å². The lowest BCUT2D eigenvalue weighted by Crippen LogP contribution is -2.33. The first-order chi connectivity index (χ1) is 8.56. The average molecular weight is 316 g/mol. The summed E-state index contributed by atoms with van der Waals surface area (Å²) in [6.45, 7) is 6.83. The maximum absolute atomic E-state index is 10.8. The molecule has 1 aromatic heterocycles. The van der Waals surface area contributed by atoms with Crippen LogP contribution in [0.5, 0.6) is 0 Å². The molecule has 1 aromatic rings. The van der Waals surface area contributed by atoms with Crippen molar-refractivity contribution in [2.45, 2.75) is 51.7 Å². The molecule has 2 heterocycles. The molecule has 0 amide bonds. The zero-order valence-corrected chi connectivity index (χ0v) is 12.8. The molecule has 0 radical (unpaired) electrons. The Hall–Kier alpha value is -0.390. The van der Waals surface area contributed by atoms with E-state index < -0.39 is 5.60 Å². The fourth-order valence-electron chi connectivity index (χ4n) is 2.64. The van der Waals surface area contributed by atoms with Gasteiger partial charge < -0.3 is 10.4 Å². The van der Waals surface area contributed by atoms with Crippen LogP contribution in [-0.2, 0) is 13.0 Å². The molecule has 0 spiro atoms. The Labute approximate surface area is 117 Å². The number of nitrogens with one attached hydrogen (secondary N) is 1. The number of nitrogens with zero attached hydrogens (tertiary/aromatic N) is 2. The first-order valence-corrected chi connectivity index (χ1v) is 7.50. The van der Waals surface area contributed by atoms with Crippen LogP contribution < -0.4 is 5.32 Å². The molecule has 1 saturated heterocycles. The first kappa shape index (κ1) is 14.0. The maximum Gasteiger partial charge on any atom is 0.0738 e. The second-order valence-corrected chi connectivity index (χ2v) is 5.96. The van der Waals surface area contributed by atoms with Crippen molar-refractivity contribution in [3.8, 4) is 0 Å². The Balaban J connectivity index is 2.21. The summed E-state index contributed by atoms with van der Waals surface area (Å²) in [4.78, 5) is 0. The van der Waals surface area contributed by atoms with E-state index in [4.69, 9.17) is 0 Å². The normalized spacial score (nSPS) is 25.1. The molecular formula is C13H22BrN3O. The third kappa shape index (κ3) is 2.95. The van der Waals surface area contributed by atoms with Gasteiger partial charge in [-0.2, -0.15) is 5.10 Å². The summed E-state index contributed by atoms with van der Waals surface area (Å²) in [6, 6.07) is 0. The number of halogens is 1. The van der Waals surface area contributed by atoms with Crippen LogP contribution in [0.4, 0.5) is 0 Å². The first-order valence-electron chi connectivity index (χ1n) is 6.70. The quantitative estimate of drug-likeness (QED) is 0.897. The summed E-state index contributed by atoms with van der Waals surface area (Å²) >= 11 is 3.60. The van der Waals surface area contributed by atoms with Crippen LogP contribution in [-0.4, -0.2) is 33.6 Å². The molecule has 1 atom stereocenters. The van der Waals surface area contributed by atoms with E-state index in [0.717, 1.165) is 54.8 Å². The van der Waals surface area contributed by atoms with Gasteiger partial charge in [0, 0.05) is 13.0 Å². The second kappa shape index (κ2) is 5.72. The van der Waals surface area contributed by atoms with E-state index in [2.05, 4.69) is 33.3 Å². The van der Waals surface area contributed by atoms with Crippen molar-refractivity contribution < 1.29 is 5.11 Å². The van der Waals surface area contributed by atoms with Crippen LogP contribution in [0.15, 0.2) is 4.47 Å². The number of aryl methyl sites for hydroxylation is 2. The lowest BCUT2D eigenvalue weighted by molar-refractivity contribution is 0.0264. The topological polar surface area (TPSA) is 50.1 Å². The molecule has 1 unspecified atom stereocenters. The molecule has 2 N–H and O–H groups in total. The molecule has 2 rings (SSSR count). The summed E-state index contributed by atoms with van der Waals surface area (Å²) in [5.74, 6) is 0. The Morgan fingerprint density at radius 2 is 2.22 bits per heavy atom. The molecule has 0 aromatic carbocycles. The zero-order valence-electron chi connectivity index (χ0n) is 11.2. The third-order valence-electron chi connectivity index (χ3n) is 3.71. The zero-order chi connectivity index (χ0) is 13.2. The molecule has 0 saturated carbocycles. The number of hydrogen-bond donors (Lipinski definition) is 2. The van der Waals surface area contributed by atoms with Gasteiger partial charge in [0.05, 0.1) is 21.5 Å². The monoisotopic (exact) mass is 315 g/mol. The SMILES string of the molecule is CCn1nc(C)c(Br)c1CC1(O)CCCNCC1. The average Bonchev–Trinajstić information content (AvgIpc) is 2.54. The van der Waals surface area contributed by atoms with Gasteiger partial charge in [-0.15, -0.1) is 0 Å². The number of aromatic nitrogens is 2. The van der Waals surface area contributed by atoms with Crippen molar-refractivity contribution in [1.82, 2.24) is 15.1 Å². The predicted molar refractivity (Wildman–Crippen MR) is 75.7 cm³/mol. The Kier molecular flexibility index (Phi) is 4.45. The minimum absolute atomic E-state index is 0.592. The fraction of sp³-hybridized carbons (Fsp3) is 0.769. The molecule has 0 bridgehead atoms. The number of rotatable bonds is 3. The molecular weight excluding hydrogens is 294 g/mol. The van der Waals surface area contributed by atoms with Crippen molar-refractivity contribution >= 4 is 15.9 Å². The van der Waals surface area contributed by atoms with Crippen LogP contribution >= 0.6 is 15.9 Å². The molecule has 4 nitrogen and oxygen atoms in total. The van der Waals surface area contributed by atoms with Crippen molar-refractivity contribution in [2.24, 2.45) is 0 Å². The van der Waals surface area contributed by atoms with E-state index in [1.165, 1.54) is 0 Å². The lowest BCUT2D eigenvalue weighted by Gasteiger charge is -2.26. The van der Waals surface area contributed by atoms with E-state index in [1.54, 1.807) is 0 Å². The highest BCUT2D eigenvalue weighted by Crippen LogP contribution is 2.29. The fourth-order valence-corrected chi connectivity index (χ4v) is 3.06. The van der Waals surface area contributed by atoms with Gasteiger partial charge in [0.2, 0.25) is 0 Å². The van der Waals surface area contributed by atoms with Gasteiger partial charge in [0.25, 0.3) is 0 Å². The van der Waals surface area contributed by atoms with E-state index in [9.17, 15) is 5.11 Å². The highest BCUT2D eigenvalue weighted by Gasteiger charge is 2.30. The second-order valence-electron chi connectivity index (χ2n) is 5.17. The lowest BCUT2D eigenvalue weighted by atomic mass is 9.89. The number of hydrogen-bond acceptors (Lipinski definition) is 3. The largest absolute Gasteiger partial charge is 0.389 e. The summed E-state index contributed by atoms with van der Waals surface area (Å²) in [5.41, 5.74) is 1.53. The van der Waals surface area contributed by atoms with Gasteiger partial charge in [-0.05, 0) is 62.1 Å².